The lowest BCUT2D eigenvalue weighted by Crippen LogP contribution is -2.57. The molecule has 2 aliphatic heterocycles. The Bertz CT molecular complexity index is 921. The number of nitrogens with zero attached hydrogens (tertiary/aromatic N) is 2. The van der Waals surface area contributed by atoms with Gasteiger partial charge in [-0.2, -0.15) is 0 Å². The number of hydrogen-bond donors (Lipinski definition) is 0. The molecule has 0 aliphatic carbocycles. The van der Waals surface area contributed by atoms with E-state index in [0.717, 1.165) is 12.1 Å². The van der Waals surface area contributed by atoms with Gasteiger partial charge in [-0.25, -0.2) is 9.18 Å². The number of carbonyl (C=O) groups is 2. The summed E-state index contributed by atoms with van der Waals surface area (Å²) in [5.41, 5.74) is 0.383. The smallest absolute Gasteiger partial charge is 0.432 e. The molecule has 2 aliphatic rings. The molecule has 1 amide bonds. The molecule has 0 spiro atoms. The number of amides is 1. The number of carbonyl (C=O) groups excluding carboxylic acids is 2. The summed E-state index contributed by atoms with van der Waals surface area (Å²) in [4.78, 5) is 29.4. The lowest BCUT2D eigenvalue weighted by molar-refractivity contribution is -0.275. The molecular formula is C23H30F4N2O5. The number of alkyl halides is 3. The Balaban J connectivity index is 1.72. The van der Waals surface area contributed by atoms with E-state index >= 15 is 0 Å². The minimum atomic E-state index is -4.99. The lowest BCUT2D eigenvalue weighted by Gasteiger charge is -2.42. The molecule has 0 unspecified atom stereocenters. The van der Waals surface area contributed by atoms with E-state index in [1.165, 1.54) is 6.07 Å². The van der Waals surface area contributed by atoms with Crippen molar-refractivity contribution in [3.8, 4) is 5.75 Å². The van der Waals surface area contributed by atoms with Crippen molar-refractivity contribution >= 4 is 17.6 Å². The Morgan fingerprint density at radius 3 is 2.44 bits per heavy atom. The lowest BCUT2D eigenvalue weighted by atomic mass is 9.90. The van der Waals surface area contributed by atoms with Crippen LogP contribution in [0.4, 0.5) is 23.2 Å². The van der Waals surface area contributed by atoms with Gasteiger partial charge in [0.15, 0.2) is 17.7 Å². The number of ether oxygens (including phenoxy) is 3. The van der Waals surface area contributed by atoms with Gasteiger partial charge in [0.2, 0.25) is 11.7 Å². The van der Waals surface area contributed by atoms with Crippen molar-refractivity contribution in [3.05, 3.63) is 24.0 Å². The topological polar surface area (TPSA) is 68.3 Å². The van der Waals surface area contributed by atoms with Crippen LogP contribution in [-0.2, 0) is 19.1 Å². The van der Waals surface area contributed by atoms with E-state index < -0.39 is 41.7 Å². The van der Waals surface area contributed by atoms with E-state index in [2.05, 4.69) is 4.74 Å². The van der Waals surface area contributed by atoms with Gasteiger partial charge in [0.1, 0.15) is 0 Å². The van der Waals surface area contributed by atoms with Crippen LogP contribution >= 0.6 is 0 Å². The number of hydrogen-bond acceptors (Lipinski definition) is 6. The molecule has 2 saturated heterocycles. The summed E-state index contributed by atoms with van der Waals surface area (Å²) in [6.45, 7) is 9.93. The Morgan fingerprint density at radius 2 is 1.94 bits per heavy atom. The minimum absolute atomic E-state index is 0.131. The summed E-state index contributed by atoms with van der Waals surface area (Å²) in [6.07, 6.45) is -5.54. The summed E-state index contributed by atoms with van der Waals surface area (Å²) in [5.74, 6) is -4.50. The number of halogens is 4. The molecule has 190 valence electrons. The SMILES string of the molecule is CC(C)C[C@H](C(=O)N1CCN(c2ccc(OC(F)(F)F)c(F)c2)C[C@H]1C)[C@@H]1OC(C)(C)OC1=O. The summed E-state index contributed by atoms with van der Waals surface area (Å²) in [7, 11) is 0. The minimum Gasteiger partial charge on any atom is -0.432 e. The zero-order chi connectivity index (χ0) is 25.4. The molecule has 0 bridgehead atoms. The number of esters is 1. The van der Waals surface area contributed by atoms with Gasteiger partial charge in [0.25, 0.3) is 0 Å². The summed E-state index contributed by atoms with van der Waals surface area (Å²) in [5, 5.41) is 0. The maximum Gasteiger partial charge on any atom is 0.573 e. The highest BCUT2D eigenvalue weighted by atomic mass is 19.4. The summed E-state index contributed by atoms with van der Waals surface area (Å²) < 4.78 is 66.0. The molecule has 0 aromatic heterocycles. The van der Waals surface area contributed by atoms with Crippen LogP contribution < -0.4 is 9.64 Å². The van der Waals surface area contributed by atoms with Crippen LogP contribution in [0, 0.1) is 17.7 Å². The van der Waals surface area contributed by atoms with Crippen molar-refractivity contribution in [1.82, 2.24) is 4.90 Å². The third-order valence-electron chi connectivity index (χ3n) is 5.81. The van der Waals surface area contributed by atoms with Crippen LogP contribution in [0.3, 0.4) is 0 Å². The maximum atomic E-state index is 14.2. The van der Waals surface area contributed by atoms with E-state index in [-0.39, 0.29) is 17.9 Å². The first-order chi connectivity index (χ1) is 15.7. The molecule has 0 N–H and O–H groups in total. The fraction of sp³-hybridized carbons (Fsp3) is 0.652. The molecule has 2 heterocycles. The van der Waals surface area contributed by atoms with E-state index in [4.69, 9.17) is 9.47 Å². The van der Waals surface area contributed by atoms with Crippen LogP contribution in [0.2, 0.25) is 0 Å². The molecule has 7 nitrogen and oxygen atoms in total. The first-order valence-corrected chi connectivity index (χ1v) is 11.2. The van der Waals surface area contributed by atoms with E-state index in [0.29, 0.717) is 31.7 Å². The predicted molar refractivity (Wildman–Crippen MR) is 114 cm³/mol. The van der Waals surface area contributed by atoms with E-state index in [9.17, 15) is 27.2 Å². The van der Waals surface area contributed by atoms with Crippen molar-refractivity contribution in [1.29, 1.82) is 0 Å². The second-order valence-corrected chi connectivity index (χ2v) is 9.58. The fourth-order valence-electron chi connectivity index (χ4n) is 4.41. The third-order valence-corrected chi connectivity index (χ3v) is 5.81. The van der Waals surface area contributed by atoms with Crippen LogP contribution in [-0.4, -0.2) is 60.7 Å². The maximum absolute atomic E-state index is 14.2. The number of anilines is 1. The predicted octanol–water partition coefficient (Wildman–Crippen LogP) is 4.10. The van der Waals surface area contributed by atoms with Crippen LogP contribution in [0.15, 0.2) is 18.2 Å². The molecule has 3 rings (SSSR count). The van der Waals surface area contributed by atoms with E-state index in [1.54, 1.807) is 23.6 Å². The fourth-order valence-corrected chi connectivity index (χ4v) is 4.41. The molecule has 11 heteroatoms. The Morgan fingerprint density at radius 1 is 1.26 bits per heavy atom. The average molecular weight is 490 g/mol. The van der Waals surface area contributed by atoms with Crippen molar-refractivity contribution in [2.24, 2.45) is 11.8 Å². The van der Waals surface area contributed by atoms with Gasteiger partial charge in [-0.1, -0.05) is 13.8 Å². The van der Waals surface area contributed by atoms with Gasteiger partial charge in [-0.15, -0.1) is 13.2 Å². The first kappa shape index (κ1) is 26.1. The number of rotatable bonds is 6. The van der Waals surface area contributed by atoms with Crippen molar-refractivity contribution in [3.63, 3.8) is 0 Å². The highest BCUT2D eigenvalue weighted by molar-refractivity contribution is 5.88. The molecule has 0 radical (unpaired) electrons. The Hall–Kier alpha value is -2.56. The zero-order valence-corrected chi connectivity index (χ0v) is 19.8. The third kappa shape index (κ3) is 6.11. The molecule has 34 heavy (non-hydrogen) atoms. The van der Waals surface area contributed by atoms with Crippen molar-refractivity contribution < 1.29 is 41.4 Å². The highest BCUT2D eigenvalue weighted by Crippen LogP contribution is 2.34. The second kappa shape index (κ2) is 9.59. The van der Waals surface area contributed by atoms with Crippen molar-refractivity contribution in [2.75, 3.05) is 24.5 Å². The standard InChI is InChI=1S/C23H30F4N2O5/c1-13(2)10-16(19-21(31)34-22(4,5)33-19)20(30)29-9-8-28(12-14(29)3)15-6-7-18(17(24)11-15)32-23(25,26)27/h6-7,11,13-14,16,19H,8-10,12H2,1-5H3/t14-,16+,19+/m1/s1. The average Bonchev–Trinajstić information content (AvgIpc) is 2.98. The molecule has 2 fully saturated rings. The van der Waals surface area contributed by atoms with Crippen LogP contribution in [0.5, 0.6) is 5.75 Å². The second-order valence-electron chi connectivity index (χ2n) is 9.58. The number of piperazine rings is 1. The quantitative estimate of drug-likeness (QED) is 0.442. The number of cyclic esters (lactones) is 1. The zero-order valence-electron chi connectivity index (χ0n) is 19.8. The largest absolute Gasteiger partial charge is 0.573 e. The molecule has 1 aromatic carbocycles. The molecule has 0 saturated carbocycles. The van der Waals surface area contributed by atoms with Gasteiger partial charge in [-0.3, -0.25) is 4.79 Å². The van der Waals surface area contributed by atoms with E-state index in [1.807, 2.05) is 20.8 Å². The molecule has 3 atom stereocenters. The van der Waals surface area contributed by atoms with Crippen LogP contribution in [0.1, 0.15) is 41.0 Å². The van der Waals surface area contributed by atoms with Crippen molar-refractivity contribution in [2.45, 2.75) is 65.3 Å². The normalized spacial score (nSPS) is 23.8. The summed E-state index contributed by atoms with van der Waals surface area (Å²) in [6, 6.07) is 2.97. The number of benzene rings is 1. The van der Waals surface area contributed by atoms with Gasteiger partial charge < -0.3 is 24.0 Å². The molecular weight excluding hydrogens is 460 g/mol. The highest BCUT2D eigenvalue weighted by Gasteiger charge is 2.49. The van der Waals surface area contributed by atoms with Gasteiger partial charge in [0.05, 0.1) is 5.92 Å². The van der Waals surface area contributed by atoms with Gasteiger partial charge in [0, 0.05) is 51.3 Å². The van der Waals surface area contributed by atoms with Gasteiger partial charge in [-0.05, 0) is 31.4 Å². The Labute approximate surface area is 195 Å². The van der Waals surface area contributed by atoms with Gasteiger partial charge >= 0.3 is 12.3 Å². The first-order valence-electron chi connectivity index (χ1n) is 11.2. The van der Waals surface area contributed by atoms with Crippen LogP contribution in [0.25, 0.3) is 0 Å². The Kier molecular flexibility index (Phi) is 7.35. The molecule has 1 aromatic rings. The summed E-state index contributed by atoms with van der Waals surface area (Å²) >= 11 is 0. The monoisotopic (exact) mass is 490 g/mol.